The summed E-state index contributed by atoms with van der Waals surface area (Å²) in [6, 6.07) is 4.51. The topological polar surface area (TPSA) is 133 Å². The molecular formula is C23H35N3O6S. The van der Waals surface area contributed by atoms with Gasteiger partial charge in [0.05, 0.1) is 10.9 Å². The van der Waals surface area contributed by atoms with E-state index in [1.807, 2.05) is 13.8 Å². The standard InChI is InChI=1S/C23H35N3O6S/c1-4-5-6-7-20(23(29)30)24-21(27)18-12-14-26(15-13-18)22(28)17(3)25-33(31,32)19-10-8-16(2)9-11-19/h8-11,17-18,20,25H,4-7,12-15H2,1-3H3,(H,24,27)(H,29,30)/t17-,20-/m0/s1. The molecule has 1 heterocycles. The summed E-state index contributed by atoms with van der Waals surface area (Å²) in [5.41, 5.74) is 0.931. The number of hydrogen-bond donors (Lipinski definition) is 3. The van der Waals surface area contributed by atoms with E-state index in [2.05, 4.69) is 10.0 Å². The molecule has 1 aliphatic rings. The van der Waals surface area contributed by atoms with Crippen molar-refractivity contribution in [3.8, 4) is 0 Å². The number of hydrogen-bond acceptors (Lipinski definition) is 5. The minimum atomic E-state index is -3.83. The van der Waals surface area contributed by atoms with E-state index in [0.717, 1.165) is 24.8 Å². The van der Waals surface area contributed by atoms with Crippen molar-refractivity contribution < 1.29 is 27.9 Å². The van der Waals surface area contributed by atoms with E-state index in [1.165, 1.54) is 19.1 Å². The second-order valence-electron chi connectivity index (χ2n) is 8.65. The van der Waals surface area contributed by atoms with Crippen LogP contribution in [-0.4, -0.2) is 61.4 Å². The molecule has 33 heavy (non-hydrogen) atoms. The molecular weight excluding hydrogens is 446 g/mol. The highest BCUT2D eigenvalue weighted by Gasteiger charge is 2.32. The van der Waals surface area contributed by atoms with Crippen molar-refractivity contribution in [2.75, 3.05) is 13.1 Å². The third-order valence-electron chi connectivity index (χ3n) is 5.92. The van der Waals surface area contributed by atoms with E-state index in [1.54, 1.807) is 17.0 Å². The summed E-state index contributed by atoms with van der Waals surface area (Å²) in [7, 11) is -3.83. The lowest BCUT2D eigenvalue weighted by Gasteiger charge is -2.33. The molecule has 0 aromatic heterocycles. The molecule has 10 heteroatoms. The van der Waals surface area contributed by atoms with E-state index >= 15 is 0 Å². The first-order chi connectivity index (χ1) is 15.5. The number of carboxylic acid groups (broad SMARTS) is 1. The molecule has 184 valence electrons. The van der Waals surface area contributed by atoms with Crippen molar-refractivity contribution in [2.45, 2.75) is 76.3 Å². The molecule has 2 amide bonds. The number of rotatable bonds is 11. The van der Waals surface area contributed by atoms with Crippen molar-refractivity contribution in [3.63, 3.8) is 0 Å². The summed E-state index contributed by atoms with van der Waals surface area (Å²) in [6.07, 6.45) is 3.80. The van der Waals surface area contributed by atoms with Crippen LogP contribution in [0.1, 0.15) is 57.9 Å². The fourth-order valence-corrected chi connectivity index (χ4v) is 5.05. The van der Waals surface area contributed by atoms with Crippen LogP contribution in [-0.2, 0) is 24.4 Å². The van der Waals surface area contributed by atoms with Crippen LogP contribution in [0, 0.1) is 12.8 Å². The van der Waals surface area contributed by atoms with Crippen LogP contribution in [0.5, 0.6) is 0 Å². The molecule has 0 aliphatic carbocycles. The molecule has 0 spiro atoms. The number of sulfonamides is 1. The largest absolute Gasteiger partial charge is 0.480 e. The molecule has 0 bridgehead atoms. The maximum atomic E-state index is 12.8. The van der Waals surface area contributed by atoms with Crippen molar-refractivity contribution in [3.05, 3.63) is 29.8 Å². The highest BCUT2D eigenvalue weighted by Crippen LogP contribution is 2.19. The maximum Gasteiger partial charge on any atom is 0.326 e. The molecule has 1 aromatic rings. The smallest absolute Gasteiger partial charge is 0.326 e. The lowest BCUT2D eigenvalue weighted by Crippen LogP contribution is -2.51. The molecule has 2 rings (SSSR count). The lowest BCUT2D eigenvalue weighted by molar-refractivity contribution is -0.143. The molecule has 9 nitrogen and oxygen atoms in total. The molecule has 1 fully saturated rings. The Balaban J connectivity index is 1.87. The molecule has 0 radical (unpaired) electrons. The van der Waals surface area contributed by atoms with Crippen LogP contribution < -0.4 is 10.0 Å². The third-order valence-corrected chi connectivity index (χ3v) is 7.48. The van der Waals surface area contributed by atoms with Crippen molar-refractivity contribution in [1.82, 2.24) is 14.9 Å². The number of piperidine rings is 1. The summed E-state index contributed by atoms with van der Waals surface area (Å²) in [5, 5.41) is 12.0. The van der Waals surface area contributed by atoms with Gasteiger partial charge in [-0.1, -0.05) is 43.9 Å². The SMILES string of the molecule is CCCCC[C@H](NC(=O)C1CCN(C(=O)[C@H](C)NS(=O)(=O)c2ccc(C)cc2)CC1)C(=O)O. The Hall–Kier alpha value is -2.46. The van der Waals surface area contributed by atoms with Crippen LogP contribution in [0.25, 0.3) is 0 Å². The summed E-state index contributed by atoms with van der Waals surface area (Å²) < 4.78 is 27.5. The quantitative estimate of drug-likeness (QED) is 0.414. The molecule has 0 saturated carbocycles. The molecule has 1 saturated heterocycles. The number of nitrogens with zero attached hydrogens (tertiary/aromatic N) is 1. The molecule has 3 N–H and O–H groups in total. The maximum absolute atomic E-state index is 12.8. The van der Waals surface area contributed by atoms with Gasteiger partial charge in [0, 0.05) is 19.0 Å². The number of unbranched alkanes of at least 4 members (excludes halogenated alkanes) is 2. The summed E-state index contributed by atoms with van der Waals surface area (Å²) in [5.74, 6) is -2.07. The van der Waals surface area contributed by atoms with E-state index in [9.17, 15) is 27.9 Å². The van der Waals surface area contributed by atoms with E-state index in [0.29, 0.717) is 32.4 Å². The summed E-state index contributed by atoms with van der Waals surface area (Å²) in [4.78, 5) is 38.4. The van der Waals surface area contributed by atoms with Gasteiger partial charge in [-0.25, -0.2) is 13.2 Å². The highest BCUT2D eigenvalue weighted by atomic mass is 32.2. The van der Waals surface area contributed by atoms with Crippen molar-refractivity contribution in [1.29, 1.82) is 0 Å². The Labute approximate surface area is 196 Å². The average molecular weight is 482 g/mol. The zero-order valence-electron chi connectivity index (χ0n) is 19.5. The minimum Gasteiger partial charge on any atom is -0.480 e. The fourth-order valence-electron chi connectivity index (χ4n) is 3.85. The zero-order valence-corrected chi connectivity index (χ0v) is 20.4. The highest BCUT2D eigenvalue weighted by molar-refractivity contribution is 7.89. The van der Waals surface area contributed by atoms with Gasteiger partial charge >= 0.3 is 5.97 Å². The van der Waals surface area contributed by atoms with Gasteiger partial charge in [-0.15, -0.1) is 0 Å². The number of likely N-dealkylation sites (tertiary alicyclic amines) is 1. The van der Waals surface area contributed by atoms with Crippen LogP contribution in [0.4, 0.5) is 0 Å². The monoisotopic (exact) mass is 481 g/mol. The van der Waals surface area contributed by atoms with Gasteiger partial charge < -0.3 is 15.3 Å². The number of benzene rings is 1. The molecule has 1 aromatic carbocycles. The number of nitrogens with one attached hydrogen (secondary N) is 2. The van der Waals surface area contributed by atoms with Crippen LogP contribution >= 0.6 is 0 Å². The van der Waals surface area contributed by atoms with Gasteiger partial charge in [0.2, 0.25) is 21.8 Å². The minimum absolute atomic E-state index is 0.0926. The lowest BCUT2D eigenvalue weighted by atomic mass is 9.95. The van der Waals surface area contributed by atoms with Gasteiger partial charge in [0.15, 0.2) is 0 Å². The third kappa shape index (κ3) is 7.82. The molecule has 1 aliphatic heterocycles. The Kier molecular flexibility index (Phi) is 9.85. The predicted molar refractivity (Wildman–Crippen MR) is 124 cm³/mol. The number of amides is 2. The molecule has 0 unspecified atom stereocenters. The Bertz CT molecular complexity index is 924. The normalized spacial score (nSPS) is 16.8. The number of carbonyl (C=O) groups excluding carboxylic acids is 2. The molecule has 2 atom stereocenters. The van der Waals surface area contributed by atoms with E-state index in [4.69, 9.17) is 0 Å². The van der Waals surface area contributed by atoms with Crippen LogP contribution in [0.3, 0.4) is 0 Å². The van der Waals surface area contributed by atoms with Crippen molar-refractivity contribution in [2.24, 2.45) is 5.92 Å². The fraction of sp³-hybridized carbons (Fsp3) is 0.609. The van der Waals surface area contributed by atoms with Gasteiger partial charge in [-0.3, -0.25) is 9.59 Å². The van der Waals surface area contributed by atoms with Gasteiger partial charge in [-0.2, -0.15) is 4.72 Å². The second kappa shape index (κ2) is 12.1. The second-order valence-corrected chi connectivity index (χ2v) is 10.4. The predicted octanol–water partition coefficient (Wildman–Crippen LogP) is 2.05. The Morgan fingerprint density at radius 2 is 1.73 bits per heavy atom. The van der Waals surface area contributed by atoms with Gasteiger partial charge in [0.1, 0.15) is 6.04 Å². The first-order valence-electron chi connectivity index (χ1n) is 11.5. The first-order valence-corrected chi connectivity index (χ1v) is 12.9. The van der Waals surface area contributed by atoms with E-state index < -0.39 is 28.1 Å². The number of aliphatic carboxylic acids is 1. The Morgan fingerprint density at radius 1 is 1.12 bits per heavy atom. The van der Waals surface area contributed by atoms with E-state index in [-0.39, 0.29) is 22.6 Å². The van der Waals surface area contributed by atoms with Crippen molar-refractivity contribution >= 4 is 27.8 Å². The Morgan fingerprint density at radius 3 is 2.27 bits per heavy atom. The first kappa shape index (κ1) is 26.8. The number of aryl methyl sites for hydroxylation is 1. The summed E-state index contributed by atoms with van der Waals surface area (Å²) >= 11 is 0. The van der Waals surface area contributed by atoms with Crippen LogP contribution in [0.2, 0.25) is 0 Å². The van der Waals surface area contributed by atoms with Crippen LogP contribution in [0.15, 0.2) is 29.2 Å². The average Bonchev–Trinajstić information content (AvgIpc) is 2.77. The number of carbonyl (C=O) groups is 3. The van der Waals surface area contributed by atoms with Gasteiger partial charge in [-0.05, 0) is 45.2 Å². The zero-order chi connectivity index (χ0) is 24.6. The number of carboxylic acids is 1. The van der Waals surface area contributed by atoms with Gasteiger partial charge in [0.25, 0.3) is 0 Å². The summed E-state index contributed by atoms with van der Waals surface area (Å²) in [6.45, 7) is 5.99.